The molecule has 3 N–H and O–H groups in total. The lowest BCUT2D eigenvalue weighted by Crippen LogP contribution is -2.48. The van der Waals surface area contributed by atoms with Crippen molar-refractivity contribution in [2.75, 3.05) is 26.6 Å². The van der Waals surface area contributed by atoms with Gasteiger partial charge in [-0.2, -0.15) is 0 Å². The molecule has 0 saturated heterocycles. The van der Waals surface area contributed by atoms with Crippen LogP contribution in [-0.4, -0.2) is 53.9 Å². The third kappa shape index (κ3) is 2.88. The van der Waals surface area contributed by atoms with Crippen LogP contribution >= 0.6 is 0 Å². The molecule has 7 heteroatoms. The molecule has 0 aromatic carbocycles. The summed E-state index contributed by atoms with van der Waals surface area (Å²) in [5, 5.41) is 26.2. The lowest BCUT2D eigenvalue weighted by molar-refractivity contribution is -0.183. The molecule has 0 aliphatic heterocycles. The lowest BCUT2D eigenvalue weighted by atomic mass is 9.90. The van der Waals surface area contributed by atoms with Crippen LogP contribution in [0, 0.1) is 5.41 Å². The molecule has 0 amide bonds. The summed E-state index contributed by atoms with van der Waals surface area (Å²) in [6, 6.07) is 0. The van der Waals surface area contributed by atoms with Crippen molar-refractivity contribution >= 4 is 11.9 Å². The van der Waals surface area contributed by atoms with E-state index in [2.05, 4.69) is 9.47 Å². The number of aliphatic hydroxyl groups is 3. The number of hydrogen-bond donors (Lipinski definition) is 3. The van der Waals surface area contributed by atoms with Gasteiger partial charge < -0.3 is 24.8 Å². The molecule has 0 atom stereocenters. The van der Waals surface area contributed by atoms with E-state index in [1.54, 1.807) is 0 Å². The molecule has 0 bridgehead atoms. The molecule has 88 valence electrons. The molecule has 0 rings (SSSR count). The Morgan fingerprint density at radius 1 is 1.07 bits per heavy atom. The third-order valence-corrected chi connectivity index (χ3v) is 1.79. The Morgan fingerprint density at radius 2 is 1.53 bits per heavy atom. The van der Waals surface area contributed by atoms with E-state index in [9.17, 15) is 9.59 Å². The fourth-order valence-corrected chi connectivity index (χ4v) is 0.858. The van der Waals surface area contributed by atoms with Crippen molar-refractivity contribution in [2.24, 2.45) is 5.41 Å². The van der Waals surface area contributed by atoms with Gasteiger partial charge in [0.1, 0.15) is 0 Å². The van der Waals surface area contributed by atoms with Crippen molar-refractivity contribution in [3.05, 3.63) is 0 Å². The minimum atomic E-state index is -2.17. The summed E-state index contributed by atoms with van der Waals surface area (Å²) in [6.45, 7) is -1.36. The maximum Gasteiger partial charge on any atom is 0.330 e. The Labute approximate surface area is 86.2 Å². The van der Waals surface area contributed by atoms with Crippen molar-refractivity contribution in [1.29, 1.82) is 0 Å². The molecule has 0 aromatic rings. The van der Waals surface area contributed by atoms with E-state index in [-0.39, 0.29) is 6.61 Å². The minimum absolute atomic E-state index is 0.00696. The van der Waals surface area contributed by atoms with Crippen LogP contribution < -0.4 is 0 Å². The number of carbonyl (C=O) groups excluding carboxylic acids is 2. The van der Waals surface area contributed by atoms with Crippen LogP contribution in [0.1, 0.15) is 6.92 Å². The van der Waals surface area contributed by atoms with Gasteiger partial charge in [0.05, 0.1) is 19.8 Å². The summed E-state index contributed by atoms with van der Waals surface area (Å²) in [6.07, 6.45) is 0. The van der Waals surface area contributed by atoms with Crippen LogP contribution in [0.4, 0.5) is 0 Å². The quantitative estimate of drug-likeness (QED) is 0.271. The highest BCUT2D eigenvalue weighted by molar-refractivity contribution is 6.00. The van der Waals surface area contributed by atoms with Gasteiger partial charge in [-0.1, -0.05) is 0 Å². The van der Waals surface area contributed by atoms with Crippen molar-refractivity contribution in [1.82, 2.24) is 0 Å². The van der Waals surface area contributed by atoms with Crippen molar-refractivity contribution in [3.8, 4) is 0 Å². The van der Waals surface area contributed by atoms with Gasteiger partial charge in [0.25, 0.3) is 0 Å². The van der Waals surface area contributed by atoms with E-state index in [4.69, 9.17) is 15.3 Å². The standard InChI is InChI=1S/C8H14O7/c1-2-14-6(12)8(3-9,4-10)7(13)15-5-11/h9-11H,2-5H2,1H3. The van der Waals surface area contributed by atoms with E-state index in [1.165, 1.54) is 6.92 Å². The number of esters is 2. The topological polar surface area (TPSA) is 113 Å². The van der Waals surface area contributed by atoms with Crippen molar-refractivity contribution in [2.45, 2.75) is 6.92 Å². The molecular formula is C8H14O7. The molecule has 0 aliphatic rings. The summed E-state index contributed by atoms with van der Waals surface area (Å²) in [4.78, 5) is 22.6. The number of hydrogen-bond acceptors (Lipinski definition) is 7. The zero-order valence-electron chi connectivity index (χ0n) is 8.30. The maximum atomic E-state index is 11.3. The molecule has 0 heterocycles. The second kappa shape index (κ2) is 6.33. The monoisotopic (exact) mass is 222 g/mol. The molecule has 0 fully saturated rings. The summed E-state index contributed by atoms with van der Waals surface area (Å²) in [7, 11) is 0. The molecule has 0 aliphatic carbocycles. The second-order valence-electron chi connectivity index (χ2n) is 2.68. The SMILES string of the molecule is CCOC(=O)C(CO)(CO)C(=O)OCO. The average Bonchev–Trinajstić information content (AvgIpc) is 2.21. The van der Waals surface area contributed by atoms with Gasteiger partial charge in [0.15, 0.2) is 6.79 Å². The molecule has 0 radical (unpaired) electrons. The minimum Gasteiger partial charge on any atom is -0.465 e. The van der Waals surface area contributed by atoms with Crippen molar-refractivity contribution in [3.63, 3.8) is 0 Å². The van der Waals surface area contributed by atoms with Crippen molar-refractivity contribution < 1.29 is 34.4 Å². The van der Waals surface area contributed by atoms with Crippen LogP contribution in [0.25, 0.3) is 0 Å². The number of aliphatic hydroxyl groups excluding tert-OH is 3. The summed E-state index contributed by atoms with van der Waals surface area (Å²) >= 11 is 0. The first kappa shape index (κ1) is 13.8. The zero-order valence-corrected chi connectivity index (χ0v) is 8.30. The highest BCUT2D eigenvalue weighted by atomic mass is 16.6. The Kier molecular flexibility index (Phi) is 5.83. The molecule has 0 aromatic heterocycles. The number of carbonyl (C=O) groups is 2. The van der Waals surface area contributed by atoms with E-state index in [0.29, 0.717) is 0 Å². The Bertz CT molecular complexity index is 201. The molecule has 15 heavy (non-hydrogen) atoms. The Balaban J connectivity index is 4.86. The van der Waals surface area contributed by atoms with Crippen LogP contribution in [0.5, 0.6) is 0 Å². The smallest absolute Gasteiger partial charge is 0.330 e. The predicted molar refractivity (Wildman–Crippen MR) is 46.4 cm³/mol. The average molecular weight is 222 g/mol. The zero-order chi connectivity index (χ0) is 11.9. The predicted octanol–water partition coefficient (Wildman–Crippen LogP) is -1.99. The third-order valence-electron chi connectivity index (χ3n) is 1.79. The van der Waals surface area contributed by atoms with E-state index < -0.39 is 37.4 Å². The van der Waals surface area contributed by atoms with Crippen LogP contribution in [-0.2, 0) is 19.1 Å². The van der Waals surface area contributed by atoms with E-state index in [1.807, 2.05) is 0 Å². The summed E-state index contributed by atoms with van der Waals surface area (Å²) in [5.74, 6) is -2.32. The van der Waals surface area contributed by atoms with Gasteiger partial charge in [0, 0.05) is 0 Å². The fraction of sp³-hybridized carbons (Fsp3) is 0.750. The molecule has 0 saturated carbocycles. The highest BCUT2D eigenvalue weighted by Gasteiger charge is 2.48. The summed E-state index contributed by atoms with van der Waals surface area (Å²) in [5.41, 5.74) is -2.17. The molecule has 7 nitrogen and oxygen atoms in total. The lowest BCUT2D eigenvalue weighted by Gasteiger charge is -2.24. The largest absolute Gasteiger partial charge is 0.465 e. The molecular weight excluding hydrogens is 208 g/mol. The Morgan fingerprint density at radius 3 is 1.87 bits per heavy atom. The second-order valence-corrected chi connectivity index (χ2v) is 2.68. The number of ether oxygens (including phenoxy) is 2. The van der Waals surface area contributed by atoms with Crippen LogP contribution in [0.15, 0.2) is 0 Å². The van der Waals surface area contributed by atoms with E-state index in [0.717, 1.165) is 0 Å². The van der Waals surface area contributed by atoms with Gasteiger partial charge in [-0.15, -0.1) is 0 Å². The maximum absolute atomic E-state index is 11.3. The van der Waals surface area contributed by atoms with Crippen LogP contribution in [0.2, 0.25) is 0 Å². The van der Waals surface area contributed by atoms with Gasteiger partial charge in [-0.25, -0.2) is 0 Å². The first-order chi connectivity index (χ1) is 7.08. The van der Waals surface area contributed by atoms with E-state index >= 15 is 0 Å². The first-order valence-corrected chi connectivity index (χ1v) is 4.26. The normalized spacial score (nSPS) is 10.9. The molecule has 0 spiro atoms. The summed E-state index contributed by atoms with van der Waals surface area (Å²) < 4.78 is 8.67. The Hall–Kier alpha value is -1.18. The number of rotatable bonds is 6. The van der Waals surface area contributed by atoms with Gasteiger partial charge in [-0.05, 0) is 6.92 Å². The van der Waals surface area contributed by atoms with Crippen LogP contribution in [0.3, 0.4) is 0 Å². The molecule has 0 unspecified atom stereocenters. The highest BCUT2D eigenvalue weighted by Crippen LogP contribution is 2.20. The van der Waals surface area contributed by atoms with Gasteiger partial charge in [0.2, 0.25) is 5.41 Å². The first-order valence-electron chi connectivity index (χ1n) is 4.26. The van der Waals surface area contributed by atoms with Gasteiger partial charge >= 0.3 is 11.9 Å². The van der Waals surface area contributed by atoms with Gasteiger partial charge in [-0.3, -0.25) is 9.59 Å². The fourth-order valence-electron chi connectivity index (χ4n) is 0.858.